The lowest BCUT2D eigenvalue weighted by Gasteiger charge is -2.28. The van der Waals surface area contributed by atoms with Crippen molar-refractivity contribution in [1.29, 1.82) is 0 Å². The summed E-state index contributed by atoms with van der Waals surface area (Å²) in [5, 5.41) is 16.4. The molecule has 0 bridgehead atoms. The number of carbonyl (C=O) groups excluding carboxylic acids is 2. The van der Waals surface area contributed by atoms with Crippen molar-refractivity contribution in [2.45, 2.75) is 64.5 Å². The van der Waals surface area contributed by atoms with Gasteiger partial charge in [0.15, 0.2) is 0 Å². The minimum Gasteiger partial charge on any atom is -0.493 e. The first-order chi connectivity index (χ1) is 18.1. The summed E-state index contributed by atoms with van der Waals surface area (Å²) in [4.78, 5) is 32.6. The van der Waals surface area contributed by atoms with Gasteiger partial charge >= 0.3 is 0 Å². The molecule has 1 heterocycles. The zero-order valence-electron chi connectivity index (χ0n) is 23.3. The zero-order valence-corrected chi connectivity index (χ0v) is 23.3. The Morgan fingerprint density at radius 3 is 2.50 bits per heavy atom. The lowest BCUT2D eigenvalue weighted by Crippen LogP contribution is -2.49. The first-order valence-corrected chi connectivity index (χ1v) is 13.3. The van der Waals surface area contributed by atoms with Crippen molar-refractivity contribution in [2.75, 3.05) is 33.4 Å². The van der Waals surface area contributed by atoms with Crippen LogP contribution in [0, 0.1) is 11.8 Å². The predicted octanol–water partition coefficient (Wildman–Crippen LogP) is 2.39. The number of methoxy groups -OCH3 is 1. The molecule has 0 radical (unpaired) electrons. The molecule has 0 unspecified atom stereocenters. The summed E-state index contributed by atoms with van der Waals surface area (Å²) in [7, 11) is 1.67. The largest absolute Gasteiger partial charge is 0.493 e. The Balaban J connectivity index is 1.87. The van der Waals surface area contributed by atoms with Crippen LogP contribution in [0.3, 0.4) is 0 Å². The van der Waals surface area contributed by atoms with Crippen molar-refractivity contribution in [3.63, 3.8) is 0 Å². The number of hydrogen-bond acceptors (Lipinski definition) is 7. The van der Waals surface area contributed by atoms with Gasteiger partial charge in [0.25, 0.3) is 5.91 Å². The number of nitrogens with two attached hydrogens (primary N) is 1. The second-order valence-corrected chi connectivity index (χ2v) is 10.5. The summed E-state index contributed by atoms with van der Waals surface area (Å²) in [5.74, 6) is 0.341. The number of aliphatic hydroxyl groups is 1. The van der Waals surface area contributed by atoms with E-state index in [4.69, 9.17) is 15.2 Å². The van der Waals surface area contributed by atoms with Crippen LogP contribution in [0.4, 0.5) is 0 Å². The second-order valence-electron chi connectivity index (χ2n) is 10.5. The number of aromatic amines is 1. The number of nitrogens with one attached hydrogen (secondary N) is 3. The summed E-state index contributed by atoms with van der Waals surface area (Å²) in [5.41, 5.74) is 6.66. The first-order valence-electron chi connectivity index (χ1n) is 13.3. The molecule has 0 aliphatic rings. The van der Waals surface area contributed by atoms with Gasteiger partial charge in [-0.15, -0.1) is 0 Å². The molecule has 6 N–H and O–H groups in total. The number of rotatable bonds is 17. The minimum absolute atomic E-state index is 0.0304. The Morgan fingerprint density at radius 2 is 1.84 bits per heavy atom. The van der Waals surface area contributed by atoms with Crippen LogP contribution >= 0.6 is 0 Å². The monoisotopic (exact) mass is 531 g/mol. The lowest BCUT2D eigenvalue weighted by atomic mass is 9.87. The Hall–Kier alpha value is -2.95. The molecule has 1 aromatic carbocycles. The number of benzene rings is 1. The average Bonchev–Trinajstić information content (AvgIpc) is 3.45. The summed E-state index contributed by atoms with van der Waals surface area (Å²) in [6.07, 6.45) is 4.41. The number of unbranched alkanes of at least 4 members (excludes halogenated alkanes) is 1. The highest BCUT2D eigenvalue weighted by atomic mass is 16.5. The Bertz CT molecular complexity index is 980. The molecule has 0 aliphatic carbocycles. The molecule has 0 aliphatic heterocycles. The zero-order chi connectivity index (χ0) is 28.1. The van der Waals surface area contributed by atoms with Crippen molar-refractivity contribution < 1.29 is 24.2 Å². The summed E-state index contributed by atoms with van der Waals surface area (Å²) >= 11 is 0. The third kappa shape index (κ3) is 9.41. The van der Waals surface area contributed by atoms with E-state index in [9.17, 15) is 14.7 Å². The maximum Gasteiger partial charge on any atom is 0.255 e. The fraction of sp³-hybridized carbons (Fsp3) is 0.607. The van der Waals surface area contributed by atoms with Gasteiger partial charge in [-0.3, -0.25) is 9.59 Å². The number of imidazole rings is 1. The van der Waals surface area contributed by atoms with Crippen LogP contribution in [0.25, 0.3) is 0 Å². The Labute approximate surface area is 226 Å². The quantitative estimate of drug-likeness (QED) is 0.197. The van der Waals surface area contributed by atoms with Gasteiger partial charge < -0.3 is 35.9 Å². The smallest absolute Gasteiger partial charge is 0.255 e. The molecule has 3 atom stereocenters. The number of aliphatic hydroxyl groups excluding tert-OH is 1. The number of ether oxygens (including phenoxy) is 2. The first kappa shape index (κ1) is 31.3. The van der Waals surface area contributed by atoms with Gasteiger partial charge in [-0.05, 0) is 57.1 Å². The Morgan fingerprint density at radius 1 is 1.13 bits per heavy atom. The molecule has 0 saturated carbocycles. The van der Waals surface area contributed by atoms with E-state index in [2.05, 4.69) is 34.4 Å². The second kappa shape index (κ2) is 15.5. The number of hydrogen-bond donors (Lipinski definition) is 5. The maximum atomic E-state index is 13.0. The normalized spacial score (nSPS) is 14.1. The highest BCUT2D eigenvalue weighted by molar-refractivity contribution is 5.96. The highest BCUT2D eigenvalue weighted by Crippen LogP contribution is 2.22. The third-order valence-electron chi connectivity index (χ3n) is 6.88. The molecule has 212 valence electrons. The van der Waals surface area contributed by atoms with E-state index in [-0.39, 0.29) is 30.2 Å². The van der Waals surface area contributed by atoms with Gasteiger partial charge in [-0.1, -0.05) is 26.0 Å². The van der Waals surface area contributed by atoms with Gasteiger partial charge in [-0.2, -0.15) is 0 Å². The molecule has 2 amide bonds. The van der Waals surface area contributed by atoms with E-state index in [1.807, 2.05) is 6.07 Å². The van der Waals surface area contributed by atoms with Gasteiger partial charge in [-0.25, -0.2) is 4.98 Å². The number of nitrogens with zero attached hydrogens (tertiary/aromatic N) is 1. The van der Waals surface area contributed by atoms with Crippen molar-refractivity contribution in [1.82, 2.24) is 20.6 Å². The predicted molar refractivity (Wildman–Crippen MR) is 147 cm³/mol. The maximum absolute atomic E-state index is 13.0. The van der Waals surface area contributed by atoms with E-state index < -0.39 is 17.6 Å². The van der Waals surface area contributed by atoms with Crippen molar-refractivity contribution in [2.24, 2.45) is 17.6 Å². The molecule has 38 heavy (non-hydrogen) atoms. The number of para-hydroxylation sites is 1. The molecular weight excluding hydrogens is 486 g/mol. The molecule has 10 nitrogen and oxygen atoms in total. The van der Waals surface area contributed by atoms with E-state index in [0.29, 0.717) is 43.2 Å². The van der Waals surface area contributed by atoms with Crippen molar-refractivity contribution in [3.8, 4) is 5.75 Å². The molecule has 2 aromatic rings. The molecule has 1 aromatic heterocycles. The van der Waals surface area contributed by atoms with Crippen molar-refractivity contribution in [3.05, 3.63) is 48.0 Å². The summed E-state index contributed by atoms with van der Waals surface area (Å²) in [6.45, 7) is 9.29. The van der Waals surface area contributed by atoms with E-state index in [1.165, 1.54) is 6.33 Å². The van der Waals surface area contributed by atoms with Crippen LogP contribution in [0.2, 0.25) is 0 Å². The minimum atomic E-state index is -0.930. The van der Waals surface area contributed by atoms with Crippen LogP contribution in [-0.2, 0) is 14.9 Å². The molecule has 0 spiro atoms. The van der Waals surface area contributed by atoms with Crippen LogP contribution in [0.1, 0.15) is 63.0 Å². The number of carbonyl (C=O) groups is 2. The van der Waals surface area contributed by atoms with Gasteiger partial charge in [0.2, 0.25) is 5.91 Å². The van der Waals surface area contributed by atoms with Crippen molar-refractivity contribution >= 4 is 11.8 Å². The molecule has 0 fully saturated rings. The fourth-order valence-electron chi connectivity index (χ4n) is 4.02. The van der Waals surface area contributed by atoms with Crippen LogP contribution < -0.4 is 21.1 Å². The molecule has 2 rings (SSSR count). The van der Waals surface area contributed by atoms with Gasteiger partial charge in [0.05, 0.1) is 30.0 Å². The standard InChI is InChI=1S/C28H45N5O5/c1-19(2)20(14-22(29)23(34)16-32-27(36)28(3,4)25-17-30-18-33-25)15-31-26(35)21-10-6-7-11-24(21)38-13-9-8-12-37-5/h6-7,10-11,17-20,22-23,34H,8-9,12-16,29H2,1-5H3,(H,30,33)(H,31,35)(H,32,36)/t20-,22+,23+/m1/s1. The molecular formula is C28H45N5O5. The van der Waals surface area contributed by atoms with Crippen LogP contribution in [-0.4, -0.2) is 72.4 Å². The fourth-order valence-corrected chi connectivity index (χ4v) is 4.02. The van der Waals surface area contributed by atoms with E-state index >= 15 is 0 Å². The van der Waals surface area contributed by atoms with Crippen LogP contribution in [0.5, 0.6) is 5.75 Å². The third-order valence-corrected chi connectivity index (χ3v) is 6.88. The van der Waals surface area contributed by atoms with Gasteiger partial charge in [0.1, 0.15) is 5.75 Å². The summed E-state index contributed by atoms with van der Waals surface area (Å²) in [6, 6.07) is 6.61. The number of amides is 2. The average molecular weight is 532 g/mol. The number of H-pyrrole nitrogens is 1. The topological polar surface area (TPSA) is 152 Å². The van der Waals surface area contributed by atoms with Gasteiger partial charge in [0, 0.05) is 44.7 Å². The summed E-state index contributed by atoms with van der Waals surface area (Å²) < 4.78 is 10.9. The number of aromatic nitrogens is 2. The van der Waals surface area contributed by atoms with E-state index in [0.717, 1.165) is 12.8 Å². The Kier molecular flexibility index (Phi) is 12.7. The van der Waals surface area contributed by atoms with E-state index in [1.54, 1.807) is 45.4 Å². The lowest BCUT2D eigenvalue weighted by molar-refractivity contribution is -0.126. The molecule has 0 saturated heterocycles. The highest BCUT2D eigenvalue weighted by Gasteiger charge is 2.32. The van der Waals surface area contributed by atoms with Crippen LogP contribution in [0.15, 0.2) is 36.8 Å². The molecule has 10 heteroatoms. The SMILES string of the molecule is COCCCCOc1ccccc1C(=O)NC[C@@H](C[C@H](N)[C@@H](O)CNC(=O)C(C)(C)c1cnc[nH]1)C(C)C.